The Bertz CT molecular complexity index is 666. The van der Waals surface area contributed by atoms with E-state index < -0.39 is 23.9 Å². The largest absolute Gasteiger partial charge is 0.480 e. The maximum Gasteiger partial charge on any atom is 0.330 e. The first-order valence-corrected chi connectivity index (χ1v) is 7.58. The van der Waals surface area contributed by atoms with Gasteiger partial charge in [0.25, 0.3) is 5.91 Å². The van der Waals surface area contributed by atoms with Crippen molar-refractivity contribution in [3.05, 3.63) is 42.0 Å². The molecule has 1 aromatic carbocycles. The van der Waals surface area contributed by atoms with Crippen LogP contribution < -0.4 is 10.6 Å². The molecule has 0 aliphatic carbocycles. The lowest BCUT2D eigenvalue weighted by molar-refractivity contribution is -0.139. The van der Waals surface area contributed by atoms with Crippen LogP contribution in [0, 0.1) is 0 Å². The normalized spacial score (nSPS) is 11.6. The number of esters is 1. The van der Waals surface area contributed by atoms with Crippen molar-refractivity contribution in [3.8, 4) is 0 Å². The molecule has 134 valence electrons. The quantitative estimate of drug-likeness (QED) is 0.481. The van der Waals surface area contributed by atoms with Crippen LogP contribution in [0.2, 0.25) is 0 Å². The van der Waals surface area contributed by atoms with Crippen LogP contribution in [0.3, 0.4) is 0 Å². The van der Waals surface area contributed by atoms with Crippen LogP contribution in [-0.4, -0.2) is 41.5 Å². The van der Waals surface area contributed by atoms with Gasteiger partial charge >= 0.3 is 11.9 Å². The Morgan fingerprint density at radius 1 is 1.20 bits per heavy atom. The SMILES string of the molecule is CCOC(=O)/C=C/C[C@H](NC(=O)c1ccc(NC(C)=O)cc1)C(=O)O. The molecule has 3 N–H and O–H groups in total. The van der Waals surface area contributed by atoms with Crippen LogP contribution in [0.1, 0.15) is 30.6 Å². The van der Waals surface area contributed by atoms with Gasteiger partial charge in [0.15, 0.2) is 0 Å². The van der Waals surface area contributed by atoms with E-state index in [1.54, 1.807) is 6.92 Å². The molecule has 0 aromatic heterocycles. The summed E-state index contributed by atoms with van der Waals surface area (Å²) >= 11 is 0. The van der Waals surface area contributed by atoms with Crippen LogP contribution >= 0.6 is 0 Å². The number of anilines is 1. The first-order chi connectivity index (χ1) is 11.8. The second-order valence-corrected chi connectivity index (χ2v) is 5.01. The Balaban J connectivity index is 2.68. The first-order valence-electron chi connectivity index (χ1n) is 7.58. The molecule has 0 aliphatic heterocycles. The van der Waals surface area contributed by atoms with Crippen molar-refractivity contribution >= 4 is 29.4 Å². The summed E-state index contributed by atoms with van der Waals surface area (Å²) in [6.07, 6.45) is 2.38. The number of carbonyl (C=O) groups is 4. The van der Waals surface area contributed by atoms with Gasteiger partial charge in [-0.3, -0.25) is 9.59 Å². The van der Waals surface area contributed by atoms with Gasteiger partial charge in [0.2, 0.25) is 5.91 Å². The standard InChI is InChI=1S/C17H20N2O6/c1-3-25-15(21)6-4-5-14(17(23)24)19-16(22)12-7-9-13(10-8-12)18-11(2)20/h4,6-10,14H,3,5H2,1-2H3,(H,18,20)(H,19,22)(H,23,24)/b6-4+/t14-/m0/s1. The highest BCUT2D eigenvalue weighted by molar-refractivity contribution is 5.97. The summed E-state index contributed by atoms with van der Waals surface area (Å²) in [6, 6.07) is 4.81. The van der Waals surface area contributed by atoms with Crippen molar-refractivity contribution in [2.45, 2.75) is 26.3 Å². The maximum atomic E-state index is 12.1. The van der Waals surface area contributed by atoms with Gasteiger partial charge in [-0.1, -0.05) is 6.08 Å². The lowest BCUT2D eigenvalue weighted by Gasteiger charge is -2.13. The summed E-state index contributed by atoms with van der Waals surface area (Å²) in [5.74, 6) is -2.62. The van der Waals surface area contributed by atoms with E-state index in [0.29, 0.717) is 5.69 Å². The molecular formula is C17H20N2O6. The number of benzene rings is 1. The Labute approximate surface area is 144 Å². The molecule has 25 heavy (non-hydrogen) atoms. The van der Waals surface area contributed by atoms with E-state index in [4.69, 9.17) is 5.11 Å². The molecule has 0 fully saturated rings. The van der Waals surface area contributed by atoms with Gasteiger partial charge in [-0.05, 0) is 37.6 Å². The van der Waals surface area contributed by atoms with Gasteiger partial charge in [-0.15, -0.1) is 0 Å². The Hall–Kier alpha value is -3.16. The zero-order valence-electron chi connectivity index (χ0n) is 13.9. The fraction of sp³-hybridized carbons (Fsp3) is 0.294. The number of amides is 2. The van der Waals surface area contributed by atoms with Crippen molar-refractivity contribution in [1.29, 1.82) is 0 Å². The average molecular weight is 348 g/mol. The molecule has 0 aliphatic rings. The van der Waals surface area contributed by atoms with Gasteiger partial charge < -0.3 is 20.5 Å². The van der Waals surface area contributed by atoms with E-state index in [1.807, 2.05) is 0 Å². The summed E-state index contributed by atoms with van der Waals surface area (Å²) in [5, 5.41) is 14.1. The van der Waals surface area contributed by atoms with Crippen LogP contribution in [-0.2, 0) is 19.1 Å². The second kappa shape index (κ2) is 9.86. The molecular weight excluding hydrogens is 328 g/mol. The van der Waals surface area contributed by atoms with Gasteiger partial charge in [-0.25, -0.2) is 9.59 Å². The molecule has 0 unspecified atom stereocenters. The molecule has 1 atom stereocenters. The van der Waals surface area contributed by atoms with Crippen LogP contribution in [0.15, 0.2) is 36.4 Å². The van der Waals surface area contributed by atoms with E-state index in [1.165, 1.54) is 37.3 Å². The van der Waals surface area contributed by atoms with E-state index in [9.17, 15) is 19.2 Å². The van der Waals surface area contributed by atoms with Crippen LogP contribution in [0.4, 0.5) is 5.69 Å². The van der Waals surface area contributed by atoms with Gasteiger partial charge in [-0.2, -0.15) is 0 Å². The van der Waals surface area contributed by atoms with Crippen molar-refractivity contribution in [3.63, 3.8) is 0 Å². The fourth-order valence-electron chi connectivity index (χ4n) is 1.86. The third-order valence-corrected chi connectivity index (χ3v) is 2.98. The highest BCUT2D eigenvalue weighted by Crippen LogP contribution is 2.10. The topological polar surface area (TPSA) is 122 Å². The average Bonchev–Trinajstić information content (AvgIpc) is 2.54. The lowest BCUT2D eigenvalue weighted by Crippen LogP contribution is -2.40. The zero-order valence-corrected chi connectivity index (χ0v) is 13.9. The minimum Gasteiger partial charge on any atom is -0.480 e. The number of ether oxygens (including phenoxy) is 1. The highest BCUT2D eigenvalue weighted by atomic mass is 16.5. The molecule has 0 radical (unpaired) electrons. The molecule has 2 amide bonds. The summed E-state index contributed by atoms with van der Waals surface area (Å²) in [7, 11) is 0. The third-order valence-electron chi connectivity index (χ3n) is 2.98. The lowest BCUT2D eigenvalue weighted by atomic mass is 10.1. The van der Waals surface area contributed by atoms with E-state index in [0.717, 1.165) is 6.08 Å². The van der Waals surface area contributed by atoms with Crippen LogP contribution in [0.25, 0.3) is 0 Å². The number of hydrogen-bond acceptors (Lipinski definition) is 5. The maximum absolute atomic E-state index is 12.1. The van der Waals surface area contributed by atoms with Gasteiger partial charge in [0.05, 0.1) is 6.61 Å². The summed E-state index contributed by atoms with van der Waals surface area (Å²) in [6.45, 7) is 3.24. The fourth-order valence-corrected chi connectivity index (χ4v) is 1.86. The van der Waals surface area contributed by atoms with Gasteiger partial charge in [0, 0.05) is 24.3 Å². The summed E-state index contributed by atoms with van der Waals surface area (Å²) in [4.78, 5) is 45.5. The second-order valence-electron chi connectivity index (χ2n) is 5.01. The number of hydrogen-bond donors (Lipinski definition) is 3. The zero-order chi connectivity index (χ0) is 18.8. The monoisotopic (exact) mass is 348 g/mol. The minimum absolute atomic E-state index is 0.0656. The Kier molecular flexibility index (Phi) is 7.85. The van der Waals surface area contributed by atoms with E-state index >= 15 is 0 Å². The predicted molar refractivity (Wildman–Crippen MR) is 90.0 cm³/mol. The number of aliphatic carboxylic acids is 1. The predicted octanol–water partition coefficient (Wildman–Crippen LogP) is 1.34. The highest BCUT2D eigenvalue weighted by Gasteiger charge is 2.19. The van der Waals surface area contributed by atoms with Crippen molar-refractivity contribution in [1.82, 2.24) is 5.32 Å². The first kappa shape index (κ1) is 19.9. The van der Waals surface area contributed by atoms with Crippen molar-refractivity contribution in [2.75, 3.05) is 11.9 Å². The Morgan fingerprint density at radius 3 is 2.36 bits per heavy atom. The molecule has 8 heteroatoms. The molecule has 1 rings (SSSR count). The van der Waals surface area contributed by atoms with E-state index in [-0.39, 0.29) is 24.5 Å². The van der Waals surface area contributed by atoms with Crippen molar-refractivity contribution < 1.29 is 29.0 Å². The number of carboxylic acids is 1. The van der Waals surface area contributed by atoms with Crippen LogP contribution in [0.5, 0.6) is 0 Å². The molecule has 0 saturated heterocycles. The molecule has 0 saturated carbocycles. The number of rotatable bonds is 8. The molecule has 0 bridgehead atoms. The molecule has 1 aromatic rings. The minimum atomic E-state index is -1.23. The summed E-state index contributed by atoms with van der Waals surface area (Å²) < 4.78 is 4.68. The third kappa shape index (κ3) is 7.30. The molecule has 0 heterocycles. The number of nitrogens with one attached hydrogen (secondary N) is 2. The number of carbonyl (C=O) groups excluding carboxylic acids is 3. The van der Waals surface area contributed by atoms with E-state index in [2.05, 4.69) is 15.4 Å². The number of carboxylic acid groups (broad SMARTS) is 1. The van der Waals surface area contributed by atoms with Gasteiger partial charge in [0.1, 0.15) is 6.04 Å². The smallest absolute Gasteiger partial charge is 0.330 e. The summed E-state index contributed by atoms with van der Waals surface area (Å²) in [5.41, 5.74) is 0.769. The molecule has 8 nitrogen and oxygen atoms in total. The Morgan fingerprint density at radius 2 is 1.84 bits per heavy atom. The van der Waals surface area contributed by atoms with Crippen molar-refractivity contribution in [2.24, 2.45) is 0 Å². The molecule has 0 spiro atoms.